The lowest BCUT2D eigenvalue weighted by Crippen LogP contribution is -2.31. The fourth-order valence-corrected chi connectivity index (χ4v) is 3.43. The minimum atomic E-state index is -3.79. The molecule has 0 aliphatic rings. The molecule has 0 radical (unpaired) electrons. The highest BCUT2D eigenvalue weighted by Gasteiger charge is 2.18. The van der Waals surface area contributed by atoms with Crippen LogP contribution in [0.15, 0.2) is 17.0 Å². The minimum Gasteiger partial charge on any atom is -0.484 e. The summed E-state index contributed by atoms with van der Waals surface area (Å²) in [5.41, 5.74) is 0.984. The lowest BCUT2D eigenvalue weighted by molar-refractivity contribution is -0.131. The summed E-state index contributed by atoms with van der Waals surface area (Å²) in [6.07, 6.45) is 0. The molecule has 0 aliphatic carbocycles. The zero-order valence-electron chi connectivity index (χ0n) is 11.9. The van der Waals surface area contributed by atoms with E-state index in [-0.39, 0.29) is 17.4 Å². The summed E-state index contributed by atoms with van der Waals surface area (Å²) < 4.78 is 28.3. The summed E-state index contributed by atoms with van der Waals surface area (Å²) >= 11 is 0. The summed E-state index contributed by atoms with van der Waals surface area (Å²) in [4.78, 5) is 13.3. The third-order valence-electron chi connectivity index (χ3n) is 2.94. The fourth-order valence-electron chi connectivity index (χ4n) is 1.81. The normalized spacial score (nSPS) is 11.2. The SMILES string of the molecule is CCN(C)C(=O)COc1cc(C)c(S(=O)(=O)Cl)c(C)c1. The number of carbonyl (C=O) groups excluding carboxylic acids is 1. The lowest BCUT2D eigenvalue weighted by atomic mass is 10.1. The van der Waals surface area contributed by atoms with Crippen LogP contribution in [0, 0.1) is 13.8 Å². The molecule has 0 saturated carbocycles. The van der Waals surface area contributed by atoms with E-state index in [2.05, 4.69) is 0 Å². The van der Waals surface area contributed by atoms with E-state index >= 15 is 0 Å². The number of carbonyl (C=O) groups is 1. The van der Waals surface area contributed by atoms with Crippen molar-refractivity contribution in [2.24, 2.45) is 0 Å². The number of halogens is 1. The van der Waals surface area contributed by atoms with Crippen LogP contribution < -0.4 is 4.74 Å². The van der Waals surface area contributed by atoms with Crippen LogP contribution in [-0.4, -0.2) is 39.4 Å². The molecular formula is C13H18ClNO4S. The van der Waals surface area contributed by atoms with E-state index in [0.717, 1.165) is 0 Å². The zero-order valence-corrected chi connectivity index (χ0v) is 13.5. The first kappa shape index (κ1) is 16.8. The van der Waals surface area contributed by atoms with Crippen molar-refractivity contribution in [3.05, 3.63) is 23.3 Å². The van der Waals surface area contributed by atoms with Gasteiger partial charge in [-0.15, -0.1) is 0 Å². The molecule has 0 bridgehead atoms. The third kappa shape index (κ3) is 4.11. The maximum Gasteiger partial charge on any atom is 0.261 e. The van der Waals surface area contributed by atoms with Crippen molar-refractivity contribution >= 4 is 25.6 Å². The molecule has 0 heterocycles. The van der Waals surface area contributed by atoms with Crippen LogP contribution in [0.2, 0.25) is 0 Å². The van der Waals surface area contributed by atoms with Gasteiger partial charge in [0.2, 0.25) is 0 Å². The number of aryl methyl sites for hydroxylation is 2. The van der Waals surface area contributed by atoms with Crippen molar-refractivity contribution in [2.45, 2.75) is 25.7 Å². The Hall–Kier alpha value is -1.27. The molecule has 1 rings (SSSR count). The summed E-state index contributed by atoms with van der Waals surface area (Å²) in [5.74, 6) is 0.304. The Morgan fingerprint density at radius 1 is 1.30 bits per heavy atom. The second-order valence-corrected chi connectivity index (χ2v) is 7.02. The van der Waals surface area contributed by atoms with Crippen LogP contribution in [0.1, 0.15) is 18.1 Å². The van der Waals surface area contributed by atoms with Gasteiger partial charge in [-0.3, -0.25) is 4.79 Å². The molecule has 0 fully saturated rings. The Balaban J connectivity index is 2.93. The van der Waals surface area contributed by atoms with E-state index < -0.39 is 9.05 Å². The number of rotatable bonds is 5. The molecule has 0 N–H and O–H groups in total. The van der Waals surface area contributed by atoms with Gasteiger partial charge in [0, 0.05) is 24.3 Å². The minimum absolute atomic E-state index is 0.0866. The predicted molar refractivity (Wildman–Crippen MR) is 77.8 cm³/mol. The van der Waals surface area contributed by atoms with Crippen molar-refractivity contribution in [1.29, 1.82) is 0 Å². The van der Waals surface area contributed by atoms with Crippen molar-refractivity contribution in [3.8, 4) is 5.75 Å². The molecule has 5 nitrogen and oxygen atoms in total. The van der Waals surface area contributed by atoms with E-state index in [0.29, 0.717) is 23.4 Å². The molecule has 112 valence electrons. The van der Waals surface area contributed by atoms with Gasteiger partial charge in [-0.2, -0.15) is 0 Å². The molecular weight excluding hydrogens is 302 g/mol. The average molecular weight is 320 g/mol. The van der Waals surface area contributed by atoms with Crippen LogP contribution >= 0.6 is 10.7 Å². The second kappa shape index (κ2) is 6.45. The number of nitrogens with zero attached hydrogens (tertiary/aromatic N) is 1. The first-order valence-electron chi connectivity index (χ1n) is 6.09. The molecule has 0 unspecified atom stereocenters. The molecule has 1 amide bonds. The second-order valence-electron chi connectivity index (χ2n) is 4.52. The van der Waals surface area contributed by atoms with Gasteiger partial charge in [-0.05, 0) is 44.0 Å². The van der Waals surface area contributed by atoms with Gasteiger partial charge in [0.05, 0.1) is 4.90 Å². The van der Waals surface area contributed by atoms with Gasteiger partial charge < -0.3 is 9.64 Å². The quantitative estimate of drug-likeness (QED) is 0.780. The Morgan fingerprint density at radius 3 is 2.20 bits per heavy atom. The summed E-state index contributed by atoms with van der Waals surface area (Å²) in [5, 5.41) is 0. The van der Waals surface area contributed by atoms with Crippen molar-refractivity contribution in [1.82, 2.24) is 4.90 Å². The largest absolute Gasteiger partial charge is 0.484 e. The lowest BCUT2D eigenvalue weighted by Gasteiger charge is -2.16. The predicted octanol–water partition coefficient (Wildman–Crippen LogP) is 2.09. The molecule has 1 aromatic rings. The highest BCUT2D eigenvalue weighted by Crippen LogP contribution is 2.28. The Kier molecular flexibility index (Phi) is 5.42. The summed E-state index contributed by atoms with van der Waals surface area (Å²) in [6.45, 7) is 5.65. The van der Waals surface area contributed by atoms with E-state index in [9.17, 15) is 13.2 Å². The molecule has 0 saturated heterocycles. The van der Waals surface area contributed by atoms with Crippen LogP contribution in [0.25, 0.3) is 0 Å². The number of hydrogen-bond donors (Lipinski definition) is 0. The molecule has 0 aliphatic heterocycles. The molecule has 0 atom stereocenters. The van der Waals surface area contributed by atoms with Gasteiger partial charge in [0.15, 0.2) is 6.61 Å². The van der Waals surface area contributed by atoms with E-state index in [1.54, 1.807) is 33.0 Å². The number of hydrogen-bond acceptors (Lipinski definition) is 4. The maximum atomic E-state index is 11.6. The van der Waals surface area contributed by atoms with Crippen LogP contribution in [0.3, 0.4) is 0 Å². The zero-order chi connectivity index (χ0) is 15.5. The van der Waals surface area contributed by atoms with E-state index in [1.807, 2.05) is 6.92 Å². The Morgan fingerprint density at radius 2 is 1.80 bits per heavy atom. The summed E-state index contributed by atoms with van der Waals surface area (Å²) in [7, 11) is 3.28. The van der Waals surface area contributed by atoms with E-state index in [4.69, 9.17) is 15.4 Å². The van der Waals surface area contributed by atoms with Crippen LogP contribution in [-0.2, 0) is 13.8 Å². The van der Waals surface area contributed by atoms with Gasteiger partial charge in [0.1, 0.15) is 5.75 Å². The van der Waals surface area contributed by atoms with Gasteiger partial charge >= 0.3 is 0 Å². The maximum absolute atomic E-state index is 11.6. The summed E-state index contributed by atoms with van der Waals surface area (Å²) in [6, 6.07) is 3.11. The average Bonchev–Trinajstić information content (AvgIpc) is 2.32. The van der Waals surface area contributed by atoms with Crippen LogP contribution in [0.5, 0.6) is 5.75 Å². The first-order chi connectivity index (χ1) is 9.16. The van der Waals surface area contributed by atoms with Crippen molar-refractivity contribution < 1.29 is 17.9 Å². The Bertz CT molecular complexity index is 590. The van der Waals surface area contributed by atoms with Gasteiger partial charge in [0.25, 0.3) is 15.0 Å². The van der Waals surface area contributed by atoms with Crippen molar-refractivity contribution in [3.63, 3.8) is 0 Å². The van der Waals surface area contributed by atoms with Gasteiger partial charge in [-0.25, -0.2) is 8.42 Å². The number of ether oxygens (including phenoxy) is 1. The molecule has 0 aromatic heterocycles. The number of likely N-dealkylation sites (N-methyl/N-ethyl adjacent to an activating group) is 1. The van der Waals surface area contributed by atoms with Gasteiger partial charge in [-0.1, -0.05) is 0 Å². The smallest absolute Gasteiger partial charge is 0.261 e. The van der Waals surface area contributed by atoms with Crippen LogP contribution in [0.4, 0.5) is 0 Å². The molecule has 20 heavy (non-hydrogen) atoms. The topological polar surface area (TPSA) is 63.7 Å². The third-order valence-corrected chi connectivity index (χ3v) is 4.53. The highest BCUT2D eigenvalue weighted by atomic mass is 35.7. The monoisotopic (exact) mass is 319 g/mol. The molecule has 0 spiro atoms. The Labute approximate surface area is 123 Å². The fraction of sp³-hybridized carbons (Fsp3) is 0.462. The van der Waals surface area contributed by atoms with Crippen molar-refractivity contribution in [2.75, 3.05) is 20.2 Å². The highest BCUT2D eigenvalue weighted by molar-refractivity contribution is 8.13. The molecule has 7 heteroatoms. The number of benzene rings is 1. The molecule has 1 aromatic carbocycles. The number of amides is 1. The van der Waals surface area contributed by atoms with E-state index in [1.165, 1.54) is 4.90 Å². The standard InChI is InChI=1S/C13H18ClNO4S/c1-5-15(4)12(16)8-19-11-6-9(2)13(10(3)7-11)20(14,17)18/h6-7H,5,8H2,1-4H3. The first-order valence-corrected chi connectivity index (χ1v) is 8.40.